The molecule has 0 saturated carbocycles. The topological polar surface area (TPSA) is 30.9 Å². The standard InChI is InChI=1S/C47H36N2S/c1-2-3-11-27-49-43-20-10-9-18-39(43)41-29-34(22-25-44(41)49)35-23-26-45-42(30-35)40-19-12-15-36(46(40)50-45)31-47(48,37-16-5-4-6-17-37)38-24-21-32-13-7-8-14-33(32)28-38/h2-26,28-30H,1,27,31,48H2/b11-3-. The van der Waals surface area contributed by atoms with Crippen molar-refractivity contribution in [2.45, 2.75) is 18.5 Å². The van der Waals surface area contributed by atoms with Gasteiger partial charge in [-0.3, -0.25) is 0 Å². The van der Waals surface area contributed by atoms with Gasteiger partial charge in [0.2, 0.25) is 0 Å². The van der Waals surface area contributed by atoms with Crippen LogP contribution in [0.3, 0.4) is 0 Å². The summed E-state index contributed by atoms with van der Waals surface area (Å²) in [6, 6.07) is 55.0. The zero-order valence-corrected chi connectivity index (χ0v) is 28.5. The molecule has 2 nitrogen and oxygen atoms in total. The lowest BCUT2D eigenvalue weighted by atomic mass is 9.78. The molecule has 0 aliphatic rings. The van der Waals surface area contributed by atoms with Crippen LogP contribution in [0.5, 0.6) is 0 Å². The van der Waals surface area contributed by atoms with Gasteiger partial charge in [0.05, 0.1) is 5.54 Å². The molecule has 0 fully saturated rings. The summed E-state index contributed by atoms with van der Waals surface area (Å²) in [5, 5.41) is 7.55. The van der Waals surface area contributed by atoms with Crippen molar-refractivity contribution in [3.8, 4) is 11.1 Å². The van der Waals surface area contributed by atoms with E-state index in [-0.39, 0.29) is 0 Å². The van der Waals surface area contributed by atoms with Gasteiger partial charge < -0.3 is 10.3 Å². The molecule has 2 aromatic heterocycles. The maximum atomic E-state index is 7.56. The van der Waals surface area contributed by atoms with Crippen molar-refractivity contribution in [3.63, 3.8) is 0 Å². The van der Waals surface area contributed by atoms with Crippen LogP contribution < -0.4 is 5.73 Å². The minimum atomic E-state index is -0.697. The van der Waals surface area contributed by atoms with Crippen LogP contribution in [0.15, 0.2) is 176 Å². The lowest BCUT2D eigenvalue weighted by Gasteiger charge is -2.31. The summed E-state index contributed by atoms with van der Waals surface area (Å²) in [5.41, 5.74) is 15.3. The number of fused-ring (bicyclic) bond motifs is 7. The molecule has 2 N–H and O–H groups in total. The van der Waals surface area contributed by atoms with E-state index in [4.69, 9.17) is 5.73 Å². The maximum Gasteiger partial charge on any atom is 0.0707 e. The van der Waals surface area contributed by atoms with Crippen LogP contribution in [-0.4, -0.2) is 4.57 Å². The highest BCUT2D eigenvalue weighted by Gasteiger charge is 2.31. The van der Waals surface area contributed by atoms with E-state index in [1.54, 1.807) is 0 Å². The van der Waals surface area contributed by atoms with Gasteiger partial charge in [-0.25, -0.2) is 0 Å². The second-order valence-electron chi connectivity index (χ2n) is 13.2. The third kappa shape index (κ3) is 5.06. The molecule has 7 aromatic carbocycles. The van der Waals surface area contributed by atoms with Crippen molar-refractivity contribution < 1.29 is 0 Å². The fraction of sp³-hybridized carbons (Fsp3) is 0.0638. The summed E-state index contributed by atoms with van der Waals surface area (Å²) in [7, 11) is 0. The second-order valence-corrected chi connectivity index (χ2v) is 14.3. The quantitative estimate of drug-likeness (QED) is 0.162. The number of benzene rings is 7. The molecule has 9 aromatic rings. The van der Waals surface area contributed by atoms with Crippen molar-refractivity contribution >= 4 is 64.1 Å². The molecular weight excluding hydrogens is 625 g/mol. The molecule has 0 amide bonds. The van der Waals surface area contributed by atoms with Crippen molar-refractivity contribution in [2.24, 2.45) is 5.73 Å². The highest BCUT2D eigenvalue weighted by Crippen LogP contribution is 2.42. The van der Waals surface area contributed by atoms with Crippen LogP contribution >= 0.6 is 11.3 Å². The zero-order chi connectivity index (χ0) is 33.7. The molecule has 0 bridgehead atoms. The van der Waals surface area contributed by atoms with Crippen molar-refractivity contribution in [3.05, 3.63) is 193 Å². The first kappa shape index (κ1) is 30.3. The molecule has 0 saturated heterocycles. The SMILES string of the molecule is C=C/C=C\Cn1c2ccccc2c2cc(-c3ccc4sc5c(CC(N)(c6ccccc6)c6ccc7ccccc7c6)cccc5c4c3)ccc21. The summed E-state index contributed by atoms with van der Waals surface area (Å²) in [4.78, 5) is 0. The number of hydrogen-bond donors (Lipinski definition) is 1. The number of para-hydroxylation sites is 1. The molecule has 0 aliphatic heterocycles. The van der Waals surface area contributed by atoms with Gasteiger partial charge in [0, 0.05) is 54.9 Å². The van der Waals surface area contributed by atoms with Gasteiger partial charge in [-0.15, -0.1) is 11.3 Å². The Labute approximate surface area is 296 Å². The molecule has 2 heterocycles. The minimum Gasteiger partial charge on any atom is -0.337 e. The van der Waals surface area contributed by atoms with Gasteiger partial charge in [-0.1, -0.05) is 140 Å². The fourth-order valence-corrected chi connectivity index (χ4v) is 8.94. The van der Waals surface area contributed by atoms with E-state index >= 15 is 0 Å². The summed E-state index contributed by atoms with van der Waals surface area (Å²) in [6.45, 7) is 4.64. The first-order valence-electron chi connectivity index (χ1n) is 17.2. The molecule has 240 valence electrons. The van der Waals surface area contributed by atoms with Crippen molar-refractivity contribution in [1.82, 2.24) is 4.57 Å². The molecule has 0 aliphatic carbocycles. The third-order valence-electron chi connectivity index (χ3n) is 10.3. The Bertz CT molecular complexity index is 2750. The Morgan fingerprint density at radius 2 is 1.32 bits per heavy atom. The Balaban J connectivity index is 1.14. The number of aromatic nitrogens is 1. The van der Waals surface area contributed by atoms with Crippen molar-refractivity contribution in [1.29, 1.82) is 0 Å². The van der Waals surface area contributed by atoms with Crippen LogP contribution in [0.25, 0.3) is 63.9 Å². The molecule has 0 radical (unpaired) electrons. The van der Waals surface area contributed by atoms with E-state index < -0.39 is 5.54 Å². The highest BCUT2D eigenvalue weighted by molar-refractivity contribution is 7.26. The number of allylic oxidation sites excluding steroid dienone is 3. The summed E-state index contributed by atoms with van der Waals surface area (Å²) >= 11 is 1.87. The van der Waals surface area contributed by atoms with E-state index in [1.165, 1.54) is 69.4 Å². The zero-order valence-electron chi connectivity index (χ0n) is 27.7. The highest BCUT2D eigenvalue weighted by atomic mass is 32.1. The van der Waals surface area contributed by atoms with Gasteiger partial charge in [-0.05, 0) is 75.0 Å². The molecule has 0 spiro atoms. The average molecular weight is 661 g/mol. The van der Waals surface area contributed by atoms with Gasteiger partial charge >= 0.3 is 0 Å². The smallest absolute Gasteiger partial charge is 0.0707 e. The summed E-state index contributed by atoms with van der Waals surface area (Å²) in [6.07, 6.45) is 6.70. The molecule has 50 heavy (non-hydrogen) atoms. The summed E-state index contributed by atoms with van der Waals surface area (Å²) < 4.78 is 4.98. The van der Waals surface area contributed by atoms with Gasteiger partial charge in [0.25, 0.3) is 0 Å². The molecule has 3 heteroatoms. The monoisotopic (exact) mass is 660 g/mol. The van der Waals surface area contributed by atoms with E-state index in [0.717, 1.165) is 17.7 Å². The Morgan fingerprint density at radius 3 is 2.18 bits per heavy atom. The Morgan fingerprint density at radius 1 is 0.600 bits per heavy atom. The molecular formula is C47H36N2S. The number of nitrogens with two attached hydrogens (primary N) is 1. The van der Waals surface area contributed by atoms with E-state index in [9.17, 15) is 0 Å². The lowest BCUT2D eigenvalue weighted by Crippen LogP contribution is -2.40. The summed E-state index contributed by atoms with van der Waals surface area (Å²) in [5.74, 6) is 0. The van der Waals surface area contributed by atoms with Gasteiger partial charge in [-0.2, -0.15) is 0 Å². The normalized spacial score (nSPS) is 13.2. The van der Waals surface area contributed by atoms with Crippen LogP contribution in [0, 0.1) is 0 Å². The predicted octanol–water partition coefficient (Wildman–Crippen LogP) is 12.2. The molecule has 9 rings (SSSR count). The van der Waals surface area contributed by atoms with E-state index in [0.29, 0.717) is 6.42 Å². The first-order valence-corrected chi connectivity index (χ1v) is 18.0. The van der Waals surface area contributed by atoms with Gasteiger partial charge in [0.15, 0.2) is 0 Å². The average Bonchev–Trinajstić information content (AvgIpc) is 3.70. The lowest BCUT2D eigenvalue weighted by molar-refractivity contribution is 0.538. The minimum absolute atomic E-state index is 0.690. The van der Waals surface area contributed by atoms with E-state index in [1.807, 2.05) is 23.5 Å². The van der Waals surface area contributed by atoms with E-state index in [2.05, 4.69) is 169 Å². The Hall–Kier alpha value is -5.74. The number of thiophene rings is 1. The Kier molecular flexibility index (Phi) is 7.46. The largest absolute Gasteiger partial charge is 0.337 e. The van der Waals surface area contributed by atoms with Crippen LogP contribution in [-0.2, 0) is 18.5 Å². The van der Waals surface area contributed by atoms with Crippen molar-refractivity contribution in [2.75, 3.05) is 0 Å². The third-order valence-corrected chi connectivity index (χ3v) is 11.5. The van der Waals surface area contributed by atoms with Crippen LogP contribution in [0.2, 0.25) is 0 Å². The number of nitrogens with zero attached hydrogens (tertiary/aromatic N) is 1. The first-order chi connectivity index (χ1) is 24.6. The number of hydrogen-bond acceptors (Lipinski definition) is 2. The van der Waals surface area contributed by atoms with Crippen LogP contribution in [0.4, 0.5) is 0 Å². The fourth-order valence-electron chi connectivity index (χ4n) is 7.74. The van der Waals surface area contributed by atoms with Crippen LogP contribution in [0.1, 0.15) is 16.7 Å². The van der Waals surface area contributed by atoms with Gasteiger partial charge in [0.1, 0.15) is 0 Å². The number of rotatable bonds is 8. The second kappa shape index (κ2) is 12.3. The molecule has 1 atom stereocenters. The predicted molar refractivity (Wildman–Crippen MR) is 216 cm³/mol. The molecule has 1 unspecified atom stereocenters. The maximum absolute atomic E-state index is 7.56.